The van der Waals surface area contributed by atoms with Gasteiger partial charge in [-0.15, -0.1) is 0 Å². The minimum atomic E-state index is -0.471. The fourth-order valence-corrected chi connectivity index (χ4v) is 2.30. The van der Waals surface area contributed by atoms with E-state index in [9.17, 15) is 4.79 Å². The van der Waals surface area contributed by atoms with Gasteiger partial charge in [0.1, 0.15) is 5.60 Å². The van der Waals surface area contributed by atoms with Crippen molar-refractivity contribution >= 4 is 21.9 Å². The summed E-state index contributed by atoms with van der Waals surface area (Å²) >= 11 is 3.44. The van der Waals surface area contributed by atoms with Crippen LogP contribution in [0, 0.1) is 0 Å². The molecule has 0 aliphatic heterocycles. The molecule has 0 heterocycles. The van der Waals surface area contributed by atoms with E-state index in [2.05, 4.69) is 40.2 Å². The molecule has 0 saturated heterocycles. The Morgan fingerprint density at radius 2 is 1.43 bits per heavy atom. The summed E-state index contributed by atoms with van der Waals surface area (Å²) in [5.41, 5.74) is 3.56. The summed E-state index contributed by atoms with van der Waals surface area (Å²) in [6.07, 6.45) is 0. The van der Waals surface area contributed by atoms with Crippen molar-refractivity contribution in [2.24, 2.45) is 0 Å². The zero-order valence-corrected chi connectivity index (χ0v) is 14.1. The van der Waals surface area contributed by atoms with Gasteiger partial charge in [-0.3, -0.25) is 0 Å². The van der Waals surface area contributed by atoms with Crippen molar-refractivity contribution in [1.29, 1.82) is 0 Å². The summed E-state index contributed by atoms with van der Waals surface area (Å²) in [4.78, 5) is 12.0. The zero-order chi connectivity index (χ0) is 15.5. The van der Waals surface area contributed by atoms with Crippen molar-refractivity contribution in [1.82, 2.24) is 0 Å². The highest BCUT2D eigenvalue weighted by Gasteiger charge is 2.17. The molecule has 2 rings (SSSR count). The van der Waals surface area contributed by atoms with Crippen LogP contribution in [0.3, 0.4) is 0 Å². The third-order valence-electron chi connectivity index (χ3n) is 2.96. The van der Waals surface area contributed by atoms with Crippen molar-refractivity contribution < 1.29 is 9.53 Å². The van der Waals surface area contributed by atoms with E-state index < -0.39 is 5.60 Å². The first kappa shape index (κ1) is 15.8. The third-order valence-corrected chi connectivity index (χ3v) is 3.61. The van der Waals surface area contributed by atoms with Crippen LogP contribution < -0.4 is 0 Å². The minimum absolute atomic E-state index is 0.288. The molecule has 21 heavy (non-hydrogen) atoms. The van der Waals surface area contributed by atoms with Crippen LogP contribution in [-0.4, -0.2) is 11.6 Å². The molecule has 0 aromatic heterocycles. The Hall–Kier alpha value is -1.61. The Kier molecular flexibility index (Phi) is 4.84. The largest absolute Gasteiger partial charge is 0.456 e. The highest BCUT2D eigenvalue weighted by molar-refractivity contribution is 9.08. The highest BCUT2D eigenvalue weighted by Crippen LogP contribution is 2.22. The molecule has 0 spiro atoms. The van der Waals surface area contributed by atoms with Gasteiger partial charge < -0.3 is 4.74 Å². The molecule has 0 aliphatic carbocycles. The Bertz CT molecular complexity index is 607. The van der Waals surface area contributed by atoms with Crippen LogP contribution in [0.2, 0.25) is 0 Å². The Balaban J connectivity index is 2.16. The van der Waals surface area contributed by atoms with E-state index in [1.54, 1.807) is 0 Å². The molecule has 0 bridgehead atoms. The molecule has 0 atom stereocenters. The molecule has 0 radical (unpaired) electrons. The normalized spacial score (nSPS) is 11.2. The first-order valence-corrected chi connectivity index (χ1v) is 8.00. The lowest BCUT2D eigenvalue weighted by atomic mass is 10.0. The molecule has 2 nitrogen and oxygen atoms in total. The fourth-order valence-electron chi connectivity index (χ4n) is 1.92. The van der Waals surface area contributed by atoms with Crippen LogP contribution in [-0.2, 0) is 10.1 Å². The van der Waals surface area contributed by atoms with E-state index in [1.807, 2.05) is 45.0 Å². The molecule has 0 fully saturated rings. The summed E-state index contributed by atoms with van der Waals surface area (Å²) in [7, 11) is 0. The van der Waals surface area contributed by atoms with E-state index in [0.29, 0.717) is 5.56 Å². The van der Waals surface area contributed by atoms with Crippen LogP contribution in [0.25, 0.3) is 11.1 Å². The molecule has 0 aliphatic rings. The van der Waals surface area contributed by atoms with Gasteiger partial charge in [0, 0.05) is 5.33 Å². The van der Waals surface area contributed by atoms with Gasteiger partial charge in [0.2, 0.25) is 0 Å². The second kappa shape index (κ2) is 6.44. The van der Waals surface area contributed by atoms with Crippen molar-refractivity contribution in [3.63, 3.8) is 0 Å². The number of rotatable bonds is 3. The van der Waals surface area contributed by atoms with E-state index in [1.165, 1.54) is 5.56 Å². The second-order valence-electron chi connectivity index (χ2n) is 5.91. The first-order valence-electron chi connectivity index (χ1n) is 6.88. The lowest BCUT2D eigenvalue weighted by Crippen LogP contribution is -2.23. The number of esters is 1. The molecule has 2 aromatic rings. The molecular formula is C18H19BrO2. The van der Waals surface area contributed by atoms with Gasteiger partial charge in [0.15, 0.2) is 0 Å². The molecule has 0 N–H and O–H groups in total. The highest BCUT2D eigenvalue weighted by atomic mass is 79.9. The maximum atomic E-state index is 12.0. The van der Waals surface area contributed by atoms with Crippen LogP contribution >= 0.6 is 15.9 Å². The van der Waals surface area contributed by atoms with Crippen LogP contribution in [0.15, 0.2) is 48.5 Å². The SMILES string of the molecule is CC(C)(C)OC(=O)c1ccc(-c2ccc(CBr)cc2)cc1. The minimum Gasteiger partial charge on any atom is -0.456 e. The molecule has 2 aromatic carbocycles. The van der Waals surface area contributed by atoms with E-state index in [4.69, 9.17) is 4.74 Å². The molecule has 0 saturated carbocycles. The van der Waals surface area contributed by atoms with Crippen molar-refractivity contribution in [3.05, 3.63) is 59.7 Å². The van der Waals surface area contributed by atoms with Crippen molar-refractivity contribution in [2.45, 2.75) is 31.7 Å². The van der Waals surface area contributed by atoms with Gasteiger partial charge in [-0.05, 0) is 49.6 Å². The number of alkyl halides is 1. The zero-order valence-electron chi connectivity index (χ0n) is 12.5. The predicted molar refractivity (Wildman–Crippen MR) is 89.7 cm³/mol. The number of ether oxygens (including phenoxy) is 1. The topological polar surface area (TPSA) is 26.3 Å². The van der Waals surface area contributed by atoms with E-state index >= 15 is 0 Å². The molecule has 110 valence electrons. The lowest BCUT2D eigenvalue weighted by Gasteiger charge is -2.19. The summed E-state index contributed by atoms with van der Waals surface area (Å²) in [5, 5.41) is 0.852. The molecular weight excluding hydrogens is 328 g/mol. The monoisotopic (exact) mass is 346 g/mol. The van der Waals surface area contributed by atoms with Gasteiger partial charge in [0.05, 0.1) is 5.56 Å². The standard InChI is InChI=1S/C18H19BrO2/c1-18(2,3)21-17(20)16-10-8-15(9-11-16)14-6-4-13(12-19)5-7-14/h4-11H,12H2,1-3H3. The van der Waals surface area contributed by atoms with Crippen molar-refractivity contribution in [3.8, 4) is 11.1 Å². The summed E-state index contributed by atoms with van der Waals surface area (Å²) < 4.78 is 5.36. The van der Waals surface area contributed by atoms with Gasteiger partial charge in [-0.2, -0.15) is 0 Å². The summed E-state index contributed by atoms with van der Waals surface area (Å²) in [5.74, 6) is -0.288. The molecule has 3 heteroatoms. The molecule has 0 amide bonds. The Morgan fingerprint density at radius 3 is 1.86 bits per heavy atom. The number of benzene rings is 2. The number of hydrogen-bond acceptors (Lipinski definition) is 2. The summed E-state index contributed by atoms with van der Waals surface area (Å²) in [6, 6.07) is 15.9. The second-order valence-corrected chi connectivity index (χ2v) is 6.47. The van der Waals surface area contributed by atoms with Gasteiger partial charge >= 0.3 is 5.97 Å². The third kappa shape index (κ3) is 4.43. The van der Waals surface area contributed by atoms with Crippen LogP contribution in [0.4, 0.5) is 0 Å². The van der Waals surface area contributed by atoms with Crippen molar-refractivity contribution in [2.75, 3.05) is 0 Å². The Labute approximate surface area is 134 Å². The number of halogens is 1. The quantitative estimate of drug-likeness (QED) is 0.563. The van der Waals surface area contributed by atoms with Crippen LogP contribution in [0.5, 0.6) is 0 Å². The lowest BCUT2D eigenvalue weighted by molar-refractivity contribution is 0.00696. The number of carbonyl (C=O) groups is 1. The van der Waals surface area contributed by atoms with E-state index in [0.717, 1.165) is 16.5 Å². The predicted octanol–water partition coefficient (Wildman–Crippen LogP) is 5.20. The average molecular weight is 347 g/mol. The molecule has 0 unspecified atom stereocenters. The number of carbonyl (C=O) groups excluding carboxylic acids is 1. The number of hydrogen-bond donors (Lipinski definition) is 0. The maximum absolute atomic E-state index is 12.0. The smallest absolute Gasteiger partial charge is 0.338 e. The van der Waals surface area contributed by atoms with Gasteiger partial charge in [0.25, 0.3) is 0 Å². The Morgan fingerprint density at radius 1 is 0.952 bits per heavy atom. The first-order chi connectivity index (χ1) is 9.89. The fraction of sp³-hybridized carbons (Fsp3) is 0.278. The van der Waals surface area contributed by atoms with Gasteiger partial charge in [-0.25, -0.2) is 4.79 Å². The maximum Gasteiger partial charge on any atom is 0.338 e. The van der Waals surface area contributed by atoms with Crippen LogP contribution in [0.1, 0.15) is 36.7 Å². The van der Waals surface area contributed by atoms with Gasteiger partial charge in [-0.1, -0.05) is 52.3 Å². The summed E-state index contributed by atoms with van der Waals surface area (Å²) in [6.45, 7) is 5.60. The van der Waals surface area contributed by atoms with E-state index in [-0.39, 0.29) is 5.97 Å². The average Bonchev–Trinajstić information content (AvgIpc) is 2.46.